The van der Waals surface area contributed by atoms with Gasteiger partial charge in [0.1, 0.15) is 0 Å². The highest BCUT2D eigenvalue weighted by molar-refractivity contribution is 6.20. The number of rotatable bonds is 6. The second-order valence-corrected chi connectivity index (χ2v) is 4.32. The molecule has 1 aromatic rings. The Bertz CT molecular complexity index is 415. The Morgan fingerprint density at radius 3 is 2.89 bits per heavy atom. The van der Waals surface area contributed by atoms with E-state index in [1.54, 1.807) is 0 Å². The molecule has 0 aliphatic carbocycles. The predicted octanol–water partition coefficient (Wildman–Crippen LogP) is 2.34. The first-order valence-corrected chi connectivity index (χ1v) is 5.85. The van der Waals surface area contributed by atoms with Gasteiger partial charge in [0.2, 0.25) is 0 Å². The van der Waals surface area contributed by atoms with Crippen LogP contribution in [0.2, 0.25) is 0 Å². The van der Waals surface area contributed by atoms with Gasteiger partial charge < -0.3 is 10.1 Å². The summed E-state index contributed by atoms with van der Waals surface area (Å²) in [4.78, 5) is 11.6. The van der Waals surface area contributed by atoms with Crippen LogP contribution in [0, 0.1) is 11.6 Å². The van der Waals surface area contributed by atoms with Gasteiger partial charge in [-0.3, -0.25) is 4.79 Å². The lowest BCUT2D eigenvalue weighted by Gasteiger charge is -2.09. The third kappa shape index (κ3) is 4.23. The van der Waals surface area contributed by atoms with E-state index in [4.69, 9.17) is 16.3 Å². The van der Waals surface area contributed by atoms with E-state index in [-0.39, 0.29) is 17.5 Å². The summed E-state index contributed by atoms with van der Waals surface area (Å²) in [6.07, 6.45) is 0.484. The summed E-state index contributed by atoms with van der Waals surface area (Å²) in [5.41, 5.74) is -0.312. The number of hydrogen-bond acceptors (Lipinski definition) is 2. The first-order chi connectivity index (χ1) is 8.56. The van der Waals surface area contributed by atoms with Crippen molar-refractivity contribution in [2.75, 3.05) is 20.3 Å². The monoisotopic (exact) mass is 277 g/mol. The van der Waals surface area contributed by atoms with Crippen molar-refractivity contribution in [3.63, 3.8) is 0 Å². The number of benzene rings is 1. The van der Waals surface area contributed by atoms with Crippen molar-refractivity contribution in [2.45, 2.75) is 11.8 Å². The molecule has 1 rings (SSSR count). The van der Waals surface area contributed by atoms with E-state index in [0.29, 0.717) is 13.0 Å². The van der Waals surface area contributed by atoms with Crippen molar-refractivity contribution in [1.29, 1.82) is 0 Å². The number of alkyl halides is 1. The van der Waals surface area contributed by atoms with Crippen LogP contribution in [0.15, 0.2) is 18.2 Å². The summed E-state index contributed by atoms with van der Waals surface area (Å²) in [5, 5.41) is 2.24. The van der Waals surface area contributed by atoms with Gasteiger partial charge >= 0.3 is 0 Å². The molecule has 1 unspecified atom stereocenters. The Labute approximate surface area is 109 Å². The summed E-state index contributed by atoms with van der Waals surface area (Å²) in [6.45, 7) is 0.637. The van der Waals surface area contributed by atoms with Gasteiger partial charge in [0, 0.05) is 13.7 Å². The van der Waals surface area contributed by atoms with Gasteiger partial charge in [-0.1, -0.05) is 6.07 Å². The summed E-state index contributed by atoms with van der Waals surface area (Å²) < 4.78 is 31.0. The van der Waals surface area contributed by atoms with Crippen LogP contribution in [0.5, 0.6) is 0 Å². The van der Waals surface area contributed by atoms with Gasteiger partial charge in [-0.2, -0.15) is 0 Å². The second-order valence-electron chi connectivity index (χ2n) is 3.70. The number of hydrogen-bond donors (Lipinski definition) is 1. The predicted molar refractivity (Wildman–Crippen MR) is 64.8 cm³/mol. The Kier molecular flexibility index (Phi) is 6.01. The molecule has 0 saturated heterocycles. The third-order valence-electron chi connectivity index (χ3n) is 2.29. The molecule has 0 fully saturated rings. The van der Waals surface area contributed by atoms with E-state index in [1.165, 1.54) is 19.2 Å². The fraction of sp³-hybridized carbons (Fsp3) is 0.417. The molecule has 18 heavy (non-hydrogen) atoms. The number of nitrogens with one attached hydrogen (secondary N) is 1. The maximum Gasteiger partial charge on any atom is 0.254 e. The zero-order chi connectivity index (χ0) is 13.5. The van der Waals surface area contributed by atoms with Gasteiger partial charge in [-0.25, -0.2) is 8.78 Å². The van der Waals surface area contributed by atoms with Crippen molar-refractivity contribution >= 4 is 17.5 Å². The summed E-state index contributed by atoms with van der Waals surface area (Å²) in [6, 6.07) is 3.46. The maximum absolute atomic E-state index is 13.3. The molecule has 0 aliphatic rings. The SMILES string of the molecule is COCC(Cl)CCNC(=O)c1cccc(F)c1F. The highest BCUT2D eigenvalue weighted by Crippen LogP contribution is 2.11. The Morgan fingerprint density at radius 2 is 2.22 bits per heavy atom. The molecule has 0 aromatic heterocycles. The van der Waals surface area contributed by atoms with Crippen LogP contribution >= 0.6 is 11.6 Å². The van der Waals surface area contributed by atoms with Crippen LogP contribution < -0.4 is 5.32 Å². The molecule has 0 saturated carbocycles. The molecule has 1 aromatic carbocycles. The summed E-state index contributed by atoms with van der Waals surface area (Å²) in [7, 11) is 1.52. The van der Waals surface area contributed by atoms with Crippen molar-refractivity contribution in [1.82, 2.24) is 5.32 Å². The zero-order valence-electron chi connectivity index (χ0n) is 9.88. The number of halogens is 3. The highest BCUT2D eigenvalue weighted by atomic mass is 35.5. The molecule has 0 radical (unpaired) electrons. The normalized spacial score (nSPS) is 12.2. The standard InChI is InChI=1S/C12H14ClF2NO2/c1-18-7-8(13)5-6-16-12(17)9-3-2-4-10(14)11(9)15/h2-4,8H,5-7H2,1H3,(H,16,17). The Morgan fingerprint density at radius 1 is 1.50 bits per heavy atom. The molecule has 100 valence electrons. The first kappa shape index (κ1) is 14.9. The van der Waals surface area contributed by atoms with Crippen molar-refractivity contribution in [3.8, 4) is 0 Å². The second kappa shape index (κ2) is 7.28. The lowest BCUT2D eigenvalue weighted by molar-refractivity contribution is 0.0946. The third-order valence-corrected chi connectivity index (χ3v) is 2.63. The lowest BCUT2D eigenvalue weighted by Crippen LogP contribution is -2.28. The van der Waals surface area contributed by atoms with E-state index in [9.17, 15) is 13.6 Å². The van der Waals surface area contributed by atoms with Gasteiger partial charge in [-0.15, -0.1) is 11.6 Å². The molecular formula is C12H14ClF2NO2. The highest BCUT2D eigenvalue weighted by Gasteiger charge is 2.14. The molecule has 0 heterocycles. The lowest BCUT2D eigenvalue weighted by atomic mass is 10.2. The number of ether oxygens (including phenoxy) is 1. The maximum atomic E-state index is 13.3. The van der Waals surface area contributed by atoms with Crippen molar-refractivity contribution in [3.05, 3.63) is 35.4 Å². The van der Waals surface area contributed by atoms with Crippen LogP contribution in [-0.2, 0) is 4.74 Å². The van der Waals surface area contributed by atoms with E-state index >= 15 is 0 Å². The molecule has 3 nitrogen and oxygen atoms in total. The molecule has 1 amide bonds. The number of carbonyl (C=O) groups excluding carboxylic acids is 1. The smallest absolute Gasteiger partial charge is 0.254 e. The molecule has 1 N–H and O–H groups in total. The largest absolute Gasteiger partial charge is 0.383 e. The number of carbonyl (C=O) groups is 1. The minimum absolute atomic E-state index is 0.229. The van der Waals surface area contributed by atoms with E-state index in [2.05, 4.69) is 5.32 Å². The quantitative estimate of drug-likeness (QED) is 0.811. The fourth-order valence-electron chi connectivity index (χ4n) is 1.38. The molecule has 0 bridgehead atoms. The minimum Gasteiger partial charge on any atom is -0.383 e. The van der Waals surface area contributed by atoms with Gasteiger partial charge in [-0.05, 0) is 18.6 Å². The van der Waals surface area contributed by atoms with Gasteiger partial charge in [0.05, 0.1) is 17.5 Å². The van der Waals surface area contributed by atoms with Crippen LogP contribution in [0.25, 0.3) is 0 Å². The van der Waals surface area contributed by atoms with Crippen molar-refractivity contribution < 1.29 is 18.3 Å². The van der Waals surface area contributed by atoms with Gasteiger partial charge in [0.15, 0.2) is 11.6 Å². The first-order valence-electron chi connectivity index (χ1n) is 5.41. The van der Waals surface area contributed by atoms with Gasteiger partial charge in [0.25, 0.3) is 5.91 Å². The summed E-state index contributed by atoms with van der Waals surface area (Å²) >= 11 is 5.86. The Hall–Kier alpha value is -1.20. The van der Waals surface area contributed by atoms with Crippen LogP contribution in [0.1, 0.15) is 16.8 Å². The molecule has 0 aliphatic heterocycles. The molecular weight excluding hydrogens is 264 g/mol. The molecule has 0 spiro atoms. The zero-order valence-corrected chi connectivity index (χ0v) is 10.6. The van der Waals surface area contributed by atoms with E-state index in [0.717, 1.165) is 6.07 Å². The van der Waals surface area contributed by atoms with E-state index < -0.39 is 17.5 Å². The van der Waals surface area contributed by atoms with Crippen LogP contribution in [0.4, 0.5) is 8.78 Å². The number of methoxy groups -OCH3 is 1. The minimum atomic E-state index is -1.14. The Balaban J connectivity index is 2.48. The molecule has 6 heteroatoms. The van der Waals surface area contributed by atoms with E-state index in [1.807, 2.05) is 0 Å². The molecule has 1 atom stereocenters. The van der Waals surface area contributed by atoms with Crippen LogP contribution in [0.3, 0.4) is 0 Å². The summed E-state index contributed by atoms with van der Waals surface area (Å²) in [5.74, 6) is -2.85. The number of amides is 1. The fourth-order valence-corrected chi connectivity index (χ4v) is 1.62. The average molecular weight is 278 g/mol. The average Bonchev–Trinajstić information content (AvgIpc) is 2.33. The van der Waals surface area contributed by atoms with Crippen LogP contribution in [-0.4, -0.2) is 31.5 Å². The topological polar surface area (TPSA) is 38.3 Å². The van der Waals surface area contributed by atoms with Crippen molar-refractivity contribution in [2.24, 2.45) is 0 Å².